The summed E-state index contributed by atoms with van der Waals surface area (Å²) in [6.07, 6.45) is 0. The molecule has 4 nitrogen and oxygen atoms in total. The highest BCUT2D eigenvalue weighted by Gasteiger charge is 2.24. The Labute approximate surface area is 387 Å². The van der Waals surface area contributed by atoms with E-state index >= 15 is 0 Å². The van der Waals surface area contributed by atoms with Crippen LogP contribution in [0, 0.1) is 0 Å². The highest BCUT2D eigenvalue weighted by atomic mass is 16.3. The third-order valence-corrected chi connectivity index (χ3v) is 13.8. The van der Waals surface area contributed by atoms with E-state index in [-0.39, 0.29) is 0 Å². The number of hydrogen-bond acceptors (Lipinski definition) is 4. The minimum absolute atomic E-state index is 0.443. The highest BCUT2D eigenvalue weighted by Crippen LogP contribution is 2.49. The first-order valence-electron chi connectivity index (χ1n) is 23.7. The fraction of sp³-hybridized carbons (Fsp3) is 0.194. The smallest absolute Gasteiger partial charge is 0.139 e. The summed E-state index contributed by atoms with van der Waals surface area (Å²) in [4.78, 5) is 4.76. The van der Waals surface area contributed by atoms with Gasteiger partial charge in [0.15, 0.2) is 0 Å². The SMILES string of the molecule is CC(C)c1ccc(N(c2ccc(C(C)C)cc2)c2cc3oc4cc5oc6cc(N(c7ccc(C(C)C)cc7)c7ccc(C(C)C)cc7)c7ccccc7c6c5cc4c3c3ccccc23)cc1. The number of nitrogens with zero attached hydrogens (tertiary/aromatic N) is 2. The number of anilines is 6. The van der Waals surface area contributed by atoms with Crippen molar-refractivity contribution in [2.75, 3.05) is 9.80 Å². The molecule has 0 unspecified atom stereocenters. The van der Waals surface area contributed by atoms with Gasteiger partial charge in [-0.05, 0) is 111 Å². The van der Waals surface area contributed by atoms with Gasteiger partial charge >= 0.3 is 0 Å². The summed E-state index contributed by atoms with van der Waals surface area (Å²) >= 11 is 0. The number of furan rings is 2. The second-order valence-electron chi connectivity index (χ2n) is 19.3. The summed E-state index contributed by atoms with van der Waals surface area (Å²) in [5, 5.41) is 8.96. The van der Waals surface area contributed by atoms with Crippen LogP contribution in [-0.4, -0.2) is 0 Å². The number of hydrogen-bond donors (Lipinski definition) is 0. The molecular weight excluding hydrogens is 805 g/mol. The highest BCUT2D eigenvalue weighted by molar-refractivity contribution is 6.28. The minimum atomic E-state index is 0.443. The van der Waals surface area contributed by atoms with Crippen LogP contribution >= 0.6 is 0 Å². The molecule has 0 spiro atoms. The van der Waals surface area contributed by atoms with Crippen LogP contribution in [0.5, 0.6) is 0 Å². The standard InChI is InChI=1S/C62H56N2O2/c1-37(2)41-17-25-45(26-18-41)63(46-27-19-42(20-28-46)38(3)4)55-34-59-61(51-15-11-9-13-49(51)55)53-33-54-58(36-57(53)65-59)66-60-35-56(50-14-10-12-16-52(50)62(54)60)64(47-29-21-43(22-30-47)39(5)6)48-31-23-44(24-32-48)40(7)8/h9-40H,1-8H3. The molecule has 66 heavy (non-hydrogen) atoms. The third-order valence-electron chi connectivity index (χ3n) is 13.8. The van der Waals surface area contributed by atoms with Crippen molar-refractivity contribution in [3.05, 3.63) is 192 Å². The molecule has 2 heterocycles. The van der Waals surface area contributed by atoms with Crippen molar-refractivity contribution in [3.8, 4) is 0 Å². The molecule has 2 aromatic heterocycles. The molecule has 11 aromatic rings. The van der Waals surface area contributed by atoms with E-state index < -0.39 is 0 Å². The quantitative estimate of drug-likeness (QED) is 0.137. The first-order valence-corrected chi connectivity index (χ1v) is 23.7. The van der Waals surface area contributed by atoms with Gasteiger partial charge in [-0.1, -0.05) is 152 Å². The molecule has 4 heteroatoms. The predicted octanol–water partition coefficient (Wildman–Crippen LogP) is 19.2. The summed E-state index contributed by atoms with van der Waals surface area (Å²) in [5.74, 6) is 1.77. The summed E-state index contributed by atoms with van der Waals surface area (Å²) in [5.41, 5.74) is 15.1. The second kappa shape index (κ2) is 16.3. The molecule has 0 amide bonds. The molecule has 11 rings (SSSR count). The third kappa shape index (κ3) is 6.98. The van der Waals surface area contributed by atoms with E-state index in [2.05, 4.69) is 235 Å². The van der Waals surface area contributed by atoms with Crippen molar-refractivity contribution in [2.45, 2.75) is 79.1 Å². The molecule has 0 aliphatic rings. The Morgan fingerprint density at radius 2 is 0.576 bits per heavy atom. The Kier molecular flexibility index (Phi) is 10.2. The van der Waals surface area contributed by atoms with Crippen LogP contribution in [0.4, 0.5) is 34.1 Å². The first kappa shape index (κ1) is 41.4. The molecule has 0 fully saturated rings. The van der Waals surface area contributed by atoms with Gasteiger partial charge in [-0.25, -0.2) is 0 Å². The summed E-state index contributed by atoms with van der Waals surface area (Å²) in [7, 11) is 0. The number of benzene rings is 9. The average molecular weight is 861 g/mol. The van der Waals surface area contributed by atoms with Crippen LogP contribution in [0.3, 0.4) is 0 Å². The monoisotopic (exact) mass is 860 g/mol. The molecule has 326 valence electrons. The second-order valence-corrected chi connectivity index (χ2v) is 19.3. The Bertz CT molecular complexity index is 3230. The van der Waals surface area contributed by atoms with Crippen LogP contribution in [-0.2, 0) is 0 Å². The van der Waals surface area contributed by atoms with Gasteiger partial charge in [-0.15, -0.1) is 0 Å². The predicted molar refractivity (Wildman–Crippen MR) is 282 cm³/mol. The van der Waals surface area contributed by atoms with Gasteiger partial charge in [0.05, 0.1) is 11.4 Å². The largest absolute Gasteiger partial charge is 0.456 e. The van der Waals surface area contributed by atoms with Crippen LogP contribution in [0.25, 0.3) is 65.4 Å². The molecule has 0 atom stereocenters. The molecule has 0 bridgehead atoms. The average Bonchev–Trinajstić information content (AvgIpc) is 3.88. The summed E-state index contributed by atoms with van der Waals surface area (Å²) < 4.78 is 13.9. The van der Waals surface area contributed by atoms with Gasteiger partial charge in [0, 0.05) is 73.3 Å². The van der Waals surface area contributed by atoms with Crippen molar-refractivity contribution in [2.24, 2.45) is 0 Å². The van der Waals surface area contributed by atoms with Gasteiger partial charge in [-0.2, -0.15) is 0 Å². The zero-order chi connectivity index (χ0) is 45.4. The van der Waals surface area contributed by atoms with Crippen LogP contribution in [0.1, 0.15) is 101 Å². The van der Waals surface area contributed by atoms with E-state index in [4.69, 9.17) is 8.83 Å². The molecule has 0 aliphatic carbocycles. The van der Waals surface area contributed by atoms with E-state index in [1.54, 1.807) is 0 Å². The Balaban J connectivity index is 1.12. The molecular formula is C62H56N2O2. The summed E-state index contributed by atoms with van der Waals surface area (Å²) in [6, 6.07) is 62.5. The van der Waals surface area contributed by atoms with Crippen molar-refractivity contribution in [3.63, 3.8) is 0 Å². The molecule has 9 aromatic carbocycles. The lowest BCUT2D eigenvalue weighted by atomic mass is 9.97. The molecule has 0 aliphatic heterocycles. The van der Waals surface area contributed by atoms with Gasteiger partial charge in [0.2, 0.25) is 0 Å². The maximum atomic E-state index is 6.95. The summed E-state index contributed by atoms with van der Waals surface area (Å²) in [6.45, 7) is 18.0. The van der Waals surface area contributed by atoms with Crippen molar-refractivity contribution in [1.29, 1.82) is 0 Å². The van der Waals surface area contributed by atoms with Crippen molar-refractivity contribution >= 4 is 99.5 Å². The van der Waals surface area contributed by atoms with E-state index in [9.17, 15) is 0 Å². The van der Waals surface area contributed by atoms with E-state index in [1.807, 2.05) is 0 Å². The molecule has 0 N–H and O–H groups in total. The maximum Gasteiger partial charge on any atom is 0.139 e. The fourth-order valence-electron chi connectivity index (χ4n) is 9.99. The Morgan fingerprint density at radius 3 is 0.864 bits per heavy atom. The van der Waals surface area contributed by atoms with E-state index in [0.29, 0.717) is 23.7 Å². The number of rotatable bonds is 10. The van der Waals surface area contributed by atoms with Gasteiger partial charge in [-0.3, -0.25) is 0 Å². The van der Waals surface area contributed by atoms with E-state index in [0.717, 1.165) is 99.5 Å². The molecule has 0 saturated heterocycles. The zero-order valence-electron chi connectivity index (χ0n) is 39.2. The lowest BCUT2D eigenvalue weighted by Gasteiger charge is -2.27. The molecule has 0 saturated carbocycles. The maximum absolute atomic E-state index is 6.95. The lowest BCUT2D eigenvalue weighted by molar-refractivity contribution is 0.656. The topological polar surface area (TPSA) is 32.8 Å². The lowest BCUT2D eigenvalue weighted by Crippen LogP contribution is -2.11. The van der Waals surface area contributed by atoms with Crippen LogP contribution in [0.2, 0.25) is 0 Å². The Hall–Kier alpha value is -7.30. The zero-order valence-corrected chi connectivity index (χ0v) is 39.2. The minimum Gasteiger partial charge on any atom is -0.456 e. The van der Waals surface area contributed by atoms with E-state index in [1.165, 1.54) is 22.3 Å². The van der Waals surface area contributed by atoms with Crippen LogP contribution in [0.15, 0.2) is 179 Å². The van der Waals surface area contributed by atoms with Crippen molar-refractivity contribution < 1.29 is 8.83 Å². The Morgan fingerprint density at radius 1 is 0.288 bits per heavy atom. The van der Waals surface area contributed by atoms with Crippen LogP contribution < -0.4 is 9.80 Å². The van der Waals surface area contributed by atoms with Gasteiger partial charge in [0.25, 0.3) is 0 Å². The fourth-order valence-corrected chi connectivity index (χ4v) is 9.99. The van der Waals surface area contributed by atoms with Gasteiger partial charge in [0.1, 0.15) is 22.3 Å². The molecule has 0 radical (unpaired) electrons. The number of fused-ring (bicyclic) bond motifs is 10. The van der Waals surface area contributed by atoms with Gasteiger partial charge < -0.3 is 18.6 Å². The first-order chi connectivity index (χ1) is 32.0. The normalized spacial score (nSPS) is 12.2. The van der Waals surface area contributed by atoms with Crippen molar-refractivity contribution in [1.82, 2.24) is 0 Å².